The van der Waals surface area contributed by atoms with Crippen molar-refractivity contribution in [3.05, 3.63) is 29.3 Å². The van der Waals surface area contributed by atoms with Crippen molar-refractivity contribution >= 4 is 17.6 Å². The largest absolute Gasteiger partial charge is 0.481 e. The molecule has 1 aromatic rings. The summed E-state index contributed by atoms with van der Waals surface area (Å²) in [6.45, 7) is 6.75. The summed E-state index contributed by atoms with van der Waals surface area (Å²) in [5, 5.41) is 12.4. The second kappa shape index (κ2) is 7.78. The molecule has 3 atom stereocenters. The molecule has 0 aromatic heterocycles. The minimum atomic E-state index is -4.66. The third-order valence-corrected chi connectivity index (χ3v) is 5.29. The normalized spacial score (nSPS) is 21.4. The van der Waals surface area contributed by atoms with Crippen LogP contribution in [0.3, 0.4) is 0 Å². The Morgan fingerprint density at radius 3 is 2.33 bits per heavy atom. The number of nitrogens with zero attached hydrogens (tertiary/aromatic N) is 1. The molecule has 5 nitrogen and oxygen atoms in total. The van der Waals surface area contributed by atoms with E-state index in [4.69, 9.17) is 5.11 Å². The van der Waals surface area contributed by atoms with Crippen molar-refractivity contribution in [3.8, 4) is 0 Å². The lowest BCUT2D eigenvalue weighted by molar-refractivity contribution is -0.187. The summed E-state index contributed by atoms with van der Waals surface area (Å²) < 4.78 is 39.5. The van der Waals surface area contributed by atoms with Gasteiger partial charge in [-0.15, -0.1) is 0 Å². The molecule has 0 aliphatic carbocycles. The number of nitrogens with one attached hydrogen (secondary N) is 1. The Hall–Kier alpha value is -2.25. The standard InChI is InChI=1S/C19H25F3N2O3/c1-10(2)12(4)23-16-7-5-6-13(11(16)3)17(25)24-8-14(18(26)27)15(9-24)19(20,21)22/h5-7,10,12,14-15,23H,8-9H2,1-4H3,(H,26,27)/t12?,14-,15-/m1/s1. The van der Waals surface area contributed by atoms with E-state index in [9.17, 15) is 22.8 Å². The van der Waals surface area contributed by atoms with Crippen LogP contribution in [0.5, 0.6) is 0 Å². The van der Waals surface area contributed by atoms with E-state index >= 15 is 0 Å². The van der Waals surface area contributed by atoms with Gasteiger partial charge in [0.2, 0.25) is 0 Å². The number of aliphatic carboxylic acids is 1. The first-order chi connectivity index (χ1) is 12.4. The molecule has 0 saturated carbocycles. The van der Waals surface area contributed by atoms with Crippen molar-refractivity contribution in [1.82, 2.24) is 4.90 Å². The summed E-state index contributed by atoms with van der Waals surface area (Å²) in [5.74, 6) is -5.46. The fourth-order valence-corrected chi connectivity index (χ4v) is 3.16. The summed E-state index contributed by atoms with van der Waals surface area (Å²) in [6, 6.07) is 5.18. The van der Waals surface area contributed by atoms with E-state index in [1.165, 1.54) is 0 Å². The van der Waals surface area contributed by atoms with Crippen molar-refractivity contribution in [2.75, 3.05) is 18.4 Å². The van der Waals surface area contributed by atoms with Gasteiger partial charge in [0.15, 0.2) is 0 Å². The number of hydrogen-bond donors (Lipinski definition) is 2. The van der Waals surface area contributed by atoms with E-state index in [1.54, 1.807) is 19.1 Å². The van der Waals surface area contributed by atoms with E-state index in [-0.39, 0.29) is 11.6 Å². The molecule has 1 heterocycles. The molecule has 0 bridgehead atoms. The first kappa shape index (κ1) is 21.1. The van der Waals surface area contributed by atoms with Gasteiger partial charge in [-0.05, 0) is 37.5 Å². The van der Waals surface area contributed by atoms with E-state index in [0.29, 0.717) is 11.5 Å². The van der Waals surface area contributed by atoms with Crippen LogP contribution < -0.4 is 5.32 Å². The summed E-state index contributed by atoms with van der Waals surface area (Å²) in [7, 11) is 0. The zero-order chi connectivity index (χ0) is 20.5. The van der Waals surface area contributed by atoms with E-state index in [0.717, 1.165) is 10.6 Å². The zero-order valence-electron chi connectivity index (χ0n) is 15.8. The molecule has 1 unspecified atom stereocenters. The SMILES string of the molecule is Cc1c(NC(C)C(C)C)cccc1C(=O)N1C[C@@H](C(F)(F)F)[C@H](C(=O)O)C1. The number of carboxylic acid groups (broad SMARTS) is 1. The highest BCUT2D eigenvalue weighted by Gasteiger charge is 2.53. The van der Waals surface area contributed by atoms with Crippen LogP contribution in [0.1, 0.15) is 36.7 Å². The minimum absolute atomic E-state index is 0.145. The summed E-state index contributed by atoms with van der Waals surface area (Å²) in [4.78, 5) is 25.0. The Morgan fingerprint density at radius 1 is 1.22 bits per heavy atom. The van der Waals surface area contributed by atoms with Gasteiger partial charge in [-0.2, -0.15) is 13.2 Å². The molecule has 1 aliphatic rings. The number of rotatable bonds is 5. The molecule has 1 aromatic carbocycles. The van der Waals surface area contributed by atoms with Crippen molar-refractivity contribution in [2.24, 2.45) is 17.8 Å². The Morgan fingerprint density at radius 2 is 1.85 bits per heavy atom. The predicted octanol–water partition coefficient (Wildman–Crippen LogP) is 3.79. The van der Waals surface area contributed by atoms with Gasteiger partial charge in [-0.3, -0.25) is 9.59 Å². The number of alkyl halides is 3. The molecular formula is C19H25F3N2O3. The maximum atomic E-state index is 13.2. The minimum Gasteiger partial charge on any atom is -0.481 e. The summed E-state index contributed by atoms with van der Waals surface area (Å²) in [5.41, 5.74) is 1.66. The van der Waals surface area contributed by atoms with Gasteiger partial charge in [-0.25, -0.2) is 0 Å². The van der Waals surface area contributed by atoms with Crippen molar-refractivity contribution in [2.45, 2.75) is 39.9 Å². The van der Waals surface area contributed by atoms with Crippen molar-refractivity contribution in [3.63, 3.8) is 0 Å². The molecule has 150 valence electrons. The quantitative estimate of drug-likeness (QED) is 0.808. The van der Waals surface area contributed by atoms with Crippen LogP contribution in [-0.4, -0.2) is 47.2 Å². The molecule has 27 heavy (non-hydrogen) atoms. The van der Waals surface area contributed by atoms with Gasteiger partial charge in [0, 0.05) is 30.4 Å². The van der Waals surface area contributed by atoms with Crippen LogP contribution in [0.4, 0.5) is 18.9 Å². The number of amides is 1. The van der Waals surface area contributed by atoms with Crippen LogP contribution in [-0.2, 0) is 4.79 Å². The average Bonchev–Trinajstić information content (AvgIpc) is 3.02. The Kier molecular flexibility index (Phi) is 6.07. The Balaban J connectivity index is 2.27. The molecule has 8 heteroatoms. The topological polar surface area (TPSA) is 69.6 Å². The van der Waals surface area contributed by atoms with Crippen LogP contribution in [0.15, 0.2) is 18.2 Å². The smallest absolute Gasteiger partial charge is 0.394 e. The summed E-state index contributed by atoms with van der Waals surface area (Å²) >= 11 is 0. The van der Waals surface area contributed by atoms with Crippen LogP contribution >= 0.6 is 0 Å². The fourth-order valence-electron chi connectivity index (χ4n) is 3.16. The summed E-state index contributed by atoms with van der Waals surface area (Å²) in [6.07, 6.45) is -4.66. The molecular weight excluding hydrogens is 361 g/mol. The number of anilines is 1. The monoisotopic (exact) mass is 386 g/mol. The van der Waals surface area contributed by atoms with Gasteiger partial charge in [-0.1, -0.05) is 19.9 Å². The van der Waals surface area contributed by atoms with Crippen molar-refractivity contribution in [1.29, 1.82) is 0 Å². The Labute approximate surface area is 156 Å². The zero-order valence-corrected chi connectivity index (χ0v) is 15.8. The van der Waals surface area contributed by atoms with Crippen LogP contribution in [0, 0.1) is 24.7 Å². The molecule has 1 fully saturated rings. The number of likely N-dealkylation sites (tertiary alicyclic amines) is 1. The molecule has 2 rings (SSSR count). The first-order valence-electron chi connectivity index (χ1n) is 8.88. The van der Waals surface area contributed by atoms with E-state index < -0.39 is 43.0 Å². The van der Waals surface area contributed by atoms with Gasteiger partial charge >= 0.3 is 12.1 Å². The lowest BCUT2D eigenvalue weighted by atomic mass is 9.96. The molecule has 1 saturated heterocycles. The molecule has 0 radical (unpaired) electrons. The van der Waals surface area contributed by atoms with Crippen molar-refractivity contribution < 1.29 is 27.9 Å². The van der Waals surface area contributed by atoms with Crippen LogP contribution in [0.25, 0.3) is 0 Å². The van der Waals surface area contributed by atoms with E-state index in [2.05, 4.69) is 19.2 Å². The molecule has 1 amide bonds. The lowest BCUT2D eigenvalue weighted by Crippen LogP contribution is -2.34. The van der Waals surface area contributed by atoms with Gasteiger partial charge in [0.25, 0.3) is 5.91 Å². The predicted molar refractivity (Wildman–Crippen MR) is 95.7 cm³/mol. The fraction of sp³-hybridized carbons (Fsp3) is 0.579. The van der Waals surface area contributed by atoms with Gasteiger partial charge in [0.05, 0.1) is 11.8 Å². The maximum absolute atomic E-state index is 13.2. The van der Waals surface area contributed by atoms with Crippen LogP contribution in [0.2, 0.25) is 0 Å². The molecule has 0 spiro atoms. The first-order valence-corrected chi connectivity index (χ1v) is 8.88. The Bertz CT molecular complexity index is 719. The number of halogens is 3. The highest BCUT2D eigenvalue weighted by atomic mass is 19.4. The number of hydrogen-bond acceptors (Lipinski definition) is 3. The number of benzene rings is 1. The second-order valence-corrected chi connectivity index (χ2v) is 7.46. The maximum Gasteiger partial charge on any atom is 0.394 e. The number of carbonyl (C=O) groups excluding carboxylic acids is 1. The third-order valence-electron chi connectivity index (χ3n) is 5.29. The number of carboxylic acids is 1. The highest BCUT2D eigenvalue weighted by molar-refractivity contribution is 5.97. The second-order valence-electron chi connectivity index (χ2n) is 7.46. The van der Waals surface area contributed by atoms with Gasteiger partial charge < -0.3 is 15.3 Å². The third kappa shape index (κ3) is 4.54. The lowest BCUT2D eigenvalue weighted by Gasteiger charge is -2.23. The highest BCUT2D eigenvalue weighted by Crippen LogP contribution is 2.38. The molecule has 1 aliphatic heterocycles. The average molecular weight is 386 g/mol. The van der Waals surface area contributed by atoms with Gasteiger partial charge in [0.1, 0.15) is 0 Å². The number of carbonyl (C=O) groups is 2. The van der Waals surface area contributed by atoms with E-state index in [1.807, 2.05) is 13.0 Å². The molecule has 2 N–H and O–H groups in total.